The maximum absolute atomic E-state index is 9.12. The Labute approximate surface area is 120 Å². The van der Waals surface area contributed by atoms with Crippen LogP contribution in [0.4, 0.5) is 0 Å². The molecule has 0 aliphatic heterocycles. The van der Waals surface area contributed by atoms with E-state index >= 15 is 0 Å². The zero-order valence-electron chi connectivity index (χ0n) is 11.7. The van der Waals surface area contributed by atoms with Gasteiger partial charge in [-0.2, -0.15) is 0 Å². The van der Waals surface area contributed by atoms with Crippen LogP contribution in [0, 0.1) is 0 Å². The van der Waals surface area contributed by atoms with Crippen molar-refractivity contribution in [2.75, 3.05) is 0 Å². The molecule has 2 nitrogen and oxygen atoms in total. The number of hydrogen-bond donors (Lipinski definition) is 2. The molecule has 0 heterocycles. The zero-order chi connectivity index (χ0) is 13.8. The van der Waals surface area contributed by atoms with Crippen molar-refractivity contribution < 1.29 is 5.11 Å². The zero-order valence-corrected chi connectivity index (χ0v) is 11.7. The maximum Gasteiger partial charge on any atom is 0.0681 e. The summed E-state index contributed by atoms with van der Waals surface area (Å²) in [5.41, 5.74) is 5.00. The van der Waals surface area contributed by atoms with Crippen LogP contribution in [0.5, 0.6) is 0 Å². The lowest BCUT2D eigenvalue weighted by molar-refractivity contribution is 0.281. The average molecular weight is 267 g/mol. The highest BCUT2D eigenvalue weighted by atomic mass is 16.3. The van der Waals surface area contributed by atoms with Crippen molar-refractivity contribution >= 4 is 0 Å². The Kier molecular flexibility index (Phi) is 4.14. The van der Waals surface area contributed by atoms with E-state index in [1.165, 1.54) is 29.5 Å². The highest BCUT2D eigenvalue weighted by molar-refractivity contribution is 5.28. The molecule has 104 valence electrons. The summed E-state index contributed by atoms with van der Waals surface area (Å²) in [6.45, 7) is 1.82. The van der Waals surface area contributed by atoms with E-state index in [1.807, 2.05) is 18.2 Å². The molecule has 0 saturated heterocycles. The summed E-state index contributed by atoms with van der Waals surface area (Å²) >= 11 is 0. The molecular formula is C18H21NO. The lowest BCUT2D eigenvalue weighted by Crippen LogP contribution is -2.12. The van der Waals surface area contributed by atoms with Gasteiger partial charge in [-0.25, -0.2) is 0 Å². The maximum atomic E-state index is 9.12. The summed E-state index contributed by atoms with van der Waals surface area (Å²) < 4.78 is 0. The van der Waals surface area contributed by atoms with Crippen LogP contribution in [0.1, 0.15) is 41.0 Å². The molecule has 2 heteroatoms. The van der Waals surface area contributed by atoms with Crippen LogP contribution in [-0.2, 0) is 19.7 Å². The van der Waals surface area contributed by atoms with Crippen LogP contribution < -0.4 is 5.32 Å². The van der Waals surface area contributed by atoms with Gasteiger partial charge in [0.15, 0.2) is 0 Å². The normalized spacial score (nSPS) is 14.4. The van der Waals surface area contributed by atoms with Crippen LogP contribution in [0.2, 0.25) is 0 Å². The van der Waals surface area contributed by atoms with Crippen molar-refractivity contribution in [3.63, 3.8) is 0 Å². The average Bonchev–Trinajstić information content (AvgIpc) is 3.33. The number of benzene rings is 2. The minimum absolute atomic E-state index is 0.108. The summed E-state index contributed by atoms with van der Waals surface area (Å²) in [5, 5.41) is 12.6. The van der Waals surface area contributed by atoms with Gasteiger partial charge in [-0.05, 0) is 41.0 Å². The number of aliphatic hydroxyl groups is 1. The smallest absolute Gasteiger partial charge is 0.0681 e. The molecular weight excluding hydrogens is 246 g/mol. The highest BCUT2D eigenvalue weighted by Crippen LogP contribution is 2.39. The second-order valence-electron chi connectivity index (χ2n) is 5.60. The summed E-state index contributed by atoms with van der Waals surface area (Å²) in [6, 6.07) is 17.1. The first-order chi connectivity index (χ1) is 9.85. The van der Waals surface area contributed by atoms with E-state index in [4.69, 9.17) is 5.11 Å². The molecule has 1 saturated carbocycles. The molecule has 0 radical (unpaired) electrons. The molecule has 0 spiro atoms. The molecule has 0 atom stereocenters. The Bertz CT molecular complexity index is 558. The molecule has 0 bridgehead atoms. The van der Waals surface area contributed by atoms with Crippen LogP contribution in [-0.4, -0.2) is 5.11 Å². The quantitative estimate of drug-likeness (QED) is 0.841. The first kappa shape index (κ1) is 13.3. The third kappa shape index (κ3) is 3.47. The lowest BCUT2D eigenvalue weighted by Gasteiger charge is -2.07. The van der Waals surface area contributed by atoms with E-state index in [1.54, 1.807) is 0 Å². The van der Waals surface area contributed by atoms with Crippen molar-refractivity contribution in [1.82, 2.24) is 5.32 Å². The number of rotatable bonds is 6. The van der Waals surface area contributed by atoms with Gasteiger partial charge in [0, 0.05) is 13.1 Å². The molecule has 1 aliphatic rings. The Hall–Kier alpha value is -1.64. The van der Waals surface area contributed by atoms with Gasteiger partial charge < -0.3 is 10.4 Å². The molecule has 2 aromatic rings. The van der Waals surface area contributed by atoms with Gasteiger partial charge >= 0.3 is 0 Å². The van der Waals surface area contributed by atoms with Gasteiger partial charge in [-0.15, -0.1) is 0 Å². The molecule has 1 fully saturated rings. The summed E-state index contributed by atoms with van der Waals surface area (Å²) in [7, 11) is 0. The lowest BCUT2D eigenvalue weighted by atomic mass is 10.1. The molecule has 2 N–H and O–H groups in total. The van der Waals surface area contributed by atoms with E-state index < -0.39 is 0 Å². The van der Waals surface area contributed by atoms with Crippen molar-refractivity contribution in [3.8, 4) is 0 Å². The second kappa shape index (κ2) is 6.21. The highest BCUT2D eigenvalue weighted by Gasteiger charge is 2.22. The van der Waals surface area contributed by atoms with E-state index in [-0.39, 0.29) is 6.61 Å². The molecule has 0 amide bonds. The number of aliphatic hydroxyl groups excluding tert-OH is 1. The van der Waals surface area contributed by atoms with Gasteiger partial charge in [0.05, 0.1) is 6.61 Å². The molecule has 20 heavy (non-hydrogen) atoms. The van der Waals surface area contributed by atoms with Crippen molar-refractivity contribution in [2.45, 2.75) is 38.5 Å². The van der Waals surface area contributed by atoms with Crippen LogP contribution in [0.25, 0.3) is 0 Å². The van der Waals surface area contributed by atoms with Crippen LogP contribution in [0.3, 0.4) is 0 Å². The van der Waals surface area contributed by atoms with E-state index in [0.29, 0.717) is 0 Å². The fourth-order valence-electron chi connectivity index (χ4n) is 2.51. The number of nitrogens with one attached hydrogen (secondary N) is 1. The minimum Gasteiger partial charge on any atom is -0.392 e. The van der Waals surface area contributed by atoms with Crippen molar-refractivity contribution in [2.24, 2.45) is 0 Å². The Balaban J connectivity index is 1.51. The molecule has 0 unspecified atom stereocenters. The SMILES string of the molecule is OCc1cccc(CNCc2ccc(C3CC3)cc2)c1. The van der Waals surface area contributed by atoms with E-state index in [0.717, 1.165) is 24.6 Å². The predicted molar refractivity (Wildman–Crippen MR) is 81.3 cm³/mol. The topological polar surface area (TPSA) is 32.3 Å². The first-order valence-corrected chi connectivity index (χ1v) is 7.33. The van der Waals surface area contributed by atoms with Gasteiger partial charge in [0.2, 0.25) is 0 Å². The predicted octanol–water partition coefficient (Wildman–Crippen LogP) is 3.35. The minimum atomic E-state index is 0.108. The first-order valence-electron chi connectivity index (χ1n) is 7.33. The Morgan fingerprint density at radius 1 is 0.900 bits per heavy atom. The monoisotopic (exact) mass is 267 g/mol. The molecule has 2 aromatic carbocycles. The van der Waals surface area contributed by atoms with Gasteiger partial charge in [-0.3, -0.25) is 0 Å². The van der Waals surface area contributed by atoms with E-state index in [9.17, 15) is 0 Å². The van der Waals surface area contributed by atoms with Gasteiger partial charge in [0.1, 0.15) is 0 Å². The van der Waals surface area contributed by atoms with Crippen LogP contribution >= 0.6 is 0 Å². The Morgan fingerprint density at radius 3 is 2.30 bits per heavy atom. The van der Waals surface area contributed by atoms with Gasteiger partial charge in [-0.1, -0.05) is 48.5 Å². The standard InChI is InChI=1S/C18H21NO/c20-13-16-3-1-2-15(10-16)12-19-11-14-4-6-17(7-5-14)18-8-9-18/h1-7,10,18-20H,8-9,11-13H2. The van der Waals surface area contributed by atoms with Crippen LogP contribution in [0.15, 0.2) is 48.5 Å². The third-order valence-corrected chi connectivity index (χ3v) is 3.86. The van der Waals surface area contributed by atoms with Crippen molar-refractivity contribution in [1.29, 1.82) is 0 Å². The summed E-state index contributed by atoms with van der Waals surface area (Å²) in [6.07, 6.45) is 2.72. The molecule has 0 aromatic heterocycles. The van der Waals surface area contributed by atoms with Gasteiger partial charge in [0.25, 0.3) is 0 Å². The molecule has 3 rings (SSSR count). The summed E-state index contributed by atoms with van der Waals surface area (Å²) in [4.78, 5) is 0. The Morgan fingerprint density at radius 2 is 1.60 bits per heavy atom. The largest absolute Gasteiger partial charge is 0.392 e. The summed E-state index contributed by atoms with van der Waals surface area (Å²) in [5.74, 6) is 0.832. The second-order valence-corrected chi connectivity index (χ2v) is 5.60. The molecule has 1 aliphatic carbocycles. The fraction of sp³-hybridized carbons (Fsp3) is 0.333. The van der Waals surface area contributed by atoms with Crippen molar-refractivity contribution in [3.05, 3.63) is 70.8 Å². The third-order valence-electron chi connectivity index (χ3n) is 3.86. The fourth-order valence-corrected chi connectivity index (χ4v) is 2.51. The van der Waals surface area contributed by atoms with E-state index in [2.05, 4.69) is 35.6 Å². The number of hydrogen-bond acceptors (Lipinski definition) is 2.